The fourth-order valence-electron chi connectivity index (χ4n) is 1.15. The van der Waals surface area contributed by atoms with Gasteiger partial charge in [-0.25, -0.2) is 0 Å². The average Bonchev–Trinajstić information content (AvgIpc) is 2.16. The smallest absolute Gasteiger partial charge is 0.112 e. The summed E-state index contributed by atoms with van der Waals surface area (Å²) in [5.41, 5.74) is 1.64. The van der Waals surface area contributed by atoms with Gasteiger partial charge in [-0.1, -0.05) is 26.7 Å². The molecule has 16 heavy (non-hydrogen) atoms. The Morgan fingerprint density at radius 3 is 2.12 bits per heavy atom. The maximum Gasteiger partial charge on any atom is 0.112 e. The van der Waals surface area contributed by atoms with Gasteiger partial charge >= 0.3 is 0 Å². The third kappa shape index (κ3) is 5.28. The van der Waals surface area contributed by atoms with Crippen LogP contribution in [0, 0.1) is 0 Å². The third-order valence-corrected chi connectivity index (χ3v) is 3.35. The van der Waals surface area contributed by atoms with Crippen molar-refractivity contribution in [3.05, 3.63) is 0 Å². The molecule has 3 heteroatoms. The molecular formula is C13H29NO2. The molecule has 0 bridgehead atoms. The first-order chi connectivity index (χ1) is 7.24. The summed E-state index contributed by atoms with van der Waals surface area (Å²) < 4.78 is 0. The summed E-state index contributed by atoms with van der Waals surface area (Å²) in [6.45, 7) is 11.7. The van der Waals surface area contributed by atoms with Crippen LogP contribution in [0.5, 0.6) is 0 Å². The number of aliphatic hydroxyl groups is 1. The van der Waals surface area contributed by atoms with Crippen molar-refractivity contribution in [2.75, 3.05) is 0 Å². The molecule has 0 radical (unpaired) electrons. The van der Waals surface area contributed by atoms with Crippen LogP contribution in [0.25, 0.3) is 0 Å². The number of hydrogen-bond acceptors (Lipinski definition) is 3. The summed E-state index contributed by atoms with van der Waals surface area (Å²) >= 11 is 0. The standard InChI is InChI=1S/C13H29NO2/c1-7-9-10-11(8-2)14-16-13(5,6)12(3,4)15/h11,14-15H,7-10H2,1-6H3. The minimum absolute atomic E-state index is 0.376. The van der Waals surface area contributed by atoms with Gasteiger partial charge in [-0.2, -0.15) is 5.48 Å². The van der Waals surface area contributed by atoms with Gasteiger partial charge in [0.1, 0.15) is 5.60 Å². The molecule has 3 nitrogen and oxygen atoms in total. The molecule has 0 saturated heterocycles. The Balaban J connectivity index is 4.10. The molecule has 0 aliphatic rings. The van der Waals surface area contributed by atoms with E-state index in [1.165, 1.54) is 12.8 Å². The molecule has 1 unspecified atom stereocenters. The van der Waals surface area contributed by atoms with Crippen LogP contribution < -0.4 is 5.48 Å². The summed E-state index contributed by atoms with van der Waals surface area (Å²) in [6.07, 6.45) is 4.57. The molecule has 0 aromatic heterocycles. The first kappa shape index (κ1) is 15.9. The Kier molecular flexibility index (Phi) is 6.53. The molecule has 2 N–H and O–H groups in total. The van der Waals surface area contributed by atoms with E-state index in [0.29, 0.717) is 6.04 Å². The number of nitrogens with one attached hydrogen (secondary N) is 1. The molecule has 0 spiro atoms. The molecule has 0 aromatic rings. The first-order valence-corrected chi connectivity index (χ1v) is 6.40. The second kappa shape index (κ2) is 6.58. The zero-order valence-electron chi connectivity index (χ0n) is 11.8. The van der Waals surface area contributed by atoms with E-state index in [-0.39, 0.29) is 0 Å². The van der Waals surface area contributed by atoms with Gasteiger partial charge in [-0.05, 0) is 40.5 Å². The Bertz CT molecular complexity index is 185. The third-order valence-electron chi connectivity index (χ3n) is 3.35. The summed E-state index contributed by atoms with van der Waals surface area (Å²) in [5.74, 6) is 0. The van der Waals surface area contributed by atoms with Crippen LogP contribution >= 0.6 is 0 Å². The molecule has 0 heterocycles. The van der Waals surface area contributed by atoms with Crippen LogP contribution in [0.2, 0.25) is 0 Å². The van der Waals surface area contributed by atoms with E-state index in [1.54, 1.807) is 13.8 Å². The predicted octanol–water partition coefficient (Wildman–Crippen LogP) is 3.03. The van der Waals surface area contributed by atoms with Crippen molar-refractivity contribution >= 4 is 0 Å². The van der Waals surface area contributed by atoms with E-state index in [0.717, 1.165) is 12.8 Å². The maximum absolute atomic E-state index is 9.94. The fraction of sp³-hybridized carbons (Fsp3) is 1.00. The molecule has 0 aliphatic heterocycles. The minimum Gasteiger partial charge on any atom is -0.387 e. The van der Waals surface area contributed by atoms with E-state index < -0.39 is 11.2 Å². The lowest BCUT2D eigenvalue weighted by molar-refractivity contribution is -0.191. The number of unbranched alkanes of at least 4 members (excludes halogenated alkanes) is 1. The molecule has 1 atom stereocenters. The lowest BCUT2D eigenvalue weighted by Gasteiger charge is -2.37. The SMILES string of the molecule is CCCCC(CC)NOC(C)(C)C(C)(C)O. The topological polar surface area (TPSA) is 41.5 Å². The van der Waals surface area contributed by atoms with Gasteiger partial charge in [-0.3, -0.25) is 4.84 Å². The van der Waals surface area contributed by atoms with E-state index in [9.17, 15) is 5.11 Å². The van der Waals surface area contributed by atoms with Crippen molar-refractivity contribution in [2.45, 2.75) is 84.5 Å². The zero-order valence-corrected chi connectivity index (χ0v) is 11.8. The molecule has 0 aromatic carbocycles. The van der Waals surface area contributed by atoms with Gasteiger partial charge in [0, 0.05) is 6.04 Å². The molecule has 0 fully saturated rings. The van der Waals surface area contributed by atoms with Crippen molar-refractivity contribution in [3.63, 3.8) is 0 Å². The van der Waals surface area contributed by atoms with Crippen LogP contribution in [0.3, 0.4) is 0 Å². The van der Waals surface area contributed by atoms with Crippen molar-refractivity contribution < 1.29 is 9.94 Å². The van der Waals surface area contributed by atoms with Crippen LogP contribution in [-0.4, -0.2) is 22.4 Å². The largest absolute Gasteiger partial charge is 0.387 e. The van der Waals surface area contributed by atoms with Gasteiger partial charge in [0.15, 0.2) is 0 Å². The summed E-state index contributed by atoms with van der Waals surface area (Å²) in [5, 5.41) is 9.94. The van der Waals surface area contributed by atoms with Crippen molar-refractivity contribution in [1.82, 2.24) is 5.48 Å². The normalized spacial score (nSPS) is 15.2. The maximum atomic E-state index is 9.94. The fourth-order valence-corrected chi connectivity index (χ4v) is 1.15. The van der Waals surface area contributed by atoms with E-state index >= 15 is 0 Å². The lowest BCUT2D eigenvalue weighted by Crippen LogP contribution is -2.51. The predicted molar refractivity (Wildman–Crippen MR) is 68.2 cm³/mol. The summed E-state index contributed by atoms with van der Waals surface area (Å²) in [6, 6.07) is 0.376. The van der Waals surface area contributed by atoms with Gasteiger partial charge in [0.25, 0.3) is 0 Å². The number of hydroxylamine groups is 1. The highest BCUT2D eigenvalue weighted by Gasteiger charge is 2.37. The molecule has 0 rings (SSSR count). The Hall–Kier alpha value is -0.120. The highest BCUT2D eigenvalue weighted by molar-refractivity contribution is 4.87. The Morgan fingerprint density at radius 1 is 1.19 bits per heavy atom. The van der Waals surface area contributed by atoms with Gasteiger partial charge in [0.05, 0.1) is 5.60 Å². The number of hydrogen-bond donors (Lipinski definition) is 2. The highest BCUT2D eigenvalue weighted by atomic mass is 16.7. The van der Waals surface area contributed by atoms with E-state index in [4.69, 9.17) is 4.84 Å². The van der Waals surface area contributed by atoms with E-state index in [2.05, 4.69) is 19.3 Å². The molecule has 98 valence electrons. The molecule has 0 saturated carbocycles. The Morgan fingerprint density at radius 2 is 1.75 bits per heavy atom. The second-order valence-electron chi connectivity index (χ2n) is 5.54. The van der Waals surface area contributed by atoms with Crippen LogP contribution in [0.4, 0.5) is 0 Å². The van der Waals surface area contributed by atoms with Crippen molar-refractivity contribution in [3.8, 4) is 0 Å². The van der Waals surface area contributed by atoms with Crippen LogP contribution in [0.1, 0.15) is 67.2 Å². The van der Waals surface area contributed by atoms with Crippen LogP contribution in [0.15, 0.2) is 0 Å². The van der Waals surface area contributed by atoms with Gasteiger partial charge < -0.3 is 5.11 Å². The lowest BCUT2D eigenvalue weighted by atomic mass is 9.90. The minimum atomic E-state index is -0.858. The van der Waals surface area contributed by atoms with E-state index in [1.807, 2.05) is 13.8 Å². The molecular weight excluding hydrogens is 202 g/mol. The van der Waals surface area contributed by atoms with Crippen molar-refractivity contribution in [1.29, 1.82) is 0 Å². The van der Waals surface area contributed by atoms with Crippen LogP contribution in [-0.2, 0) is 4.84 Å². The quantitative estimate of drug-likeness (QED) is 0.631. The second-order valence-corrected chi connectivity index (χ2v) is 5.54. The zero-order chi connectivity index (χ0) is 12.8. The van der Waals surface area contributed by atoms with Gasteiger partial charge in [-0.15, -0.1) is 0 Å². The first-order valence-electron chi connectivity index (χ1n) is 6.40. The molecule has 0 aliphatic carbocycles. The van der Waals surface area contributed by atoms with Crippen molar-refractivity contribution in [2.24, 2.45) is 0 Å². The average molecular weight is 231 g/mol. The highest BCUT2D eigenvalue weighted by Crippen LogP contribution is 2.24. The Labute approximate surface area is 101 Å². The summed E-state index contributed by atoms with van der Waals surface area (Å²) in [7, 11) is 0. The summed E-state index contributed by atoms with van der Waals surface area (Å²) in [4.78, 5) is 5.64. The number of rotatable bonds is 8. The van der Waals surface area contributed by atoms with Gasteiger partial charge in [0.2, 0.25) is 0 Å². The monoisotopic (exact) mass is 231 g/mol. The molecule has 0 amide bonds.